The molecule has 5 heteroatoms. The Morgan fingerprint density at radius 1 is 1.24 bits per heavy atom. The lowest BCUT2D eigenvalue weighted by Crippen LogP contribution is -2.12. The number of rotatable bonds is 4. The van der Waals surface area contributed by atoms with Crippen molar-refractivity contribution in [3.8, 4) is 11.3 Å². The Kier molecular flexibility index (Phi) is 3.47. The van der Waals surface area contributed by atoms with Crippen LogP contribution in [0.2, 0.25) is 0 Å². The predicted octanol–water partition coefficient (Wildman–Crippen LogP) is 1.89. The Bertz CT molecular complexity index is 765. The minimum atomic E-state index is -0.573. The fraction of sp³-hybridized carbons (Fsp3) is 0.0625. The number of benzene rings is 1. The van der Waals surface area contributed by atoms with Gasteiger partial charge in [-0.25, -0.2) is 0 Å². The number of carbonyl (C=O) groups excluding carboxylic acids is 1. The molecule has 3 rings (SSSR count). The van der Waals surface area contributed by atoms with E-state index in [0.717, 1.165) is 16.8 Å². The van der Waals surface area contributed by atoms with E-state index in [1.54, 1.807) is 17.1 Å². The van der Waals surface area contributed by atoms with Gasteiger partial charge in [-0.1, -0.05) is 24.3 Å². The maximum absolute atomic E-state index is 11.0. The lowest BCUT2D eigenvalue weighted by molar-refractivity contribution is 0.0994. The van der Waals surface area contributed by atoms with Crippen LogP contribution < -0.4 is 5.73 Å². The van der Waals surface area contributed by atoms with Crippen molar-refractivity contribution in [2.45, 2.75) is 6.54 Å². The van der Waals surface area contributed by atoms with E-state index in [1.807, 2.05) is 42.5 Å². The smallest absolute Gasteiger partial charge is 0.269 e. The first-order valence-corrected chi connectivity index (χ1v) is 6.47. The van der Waals surface area contributed by atoms with E-state index in [4.69, 9.17) is 5.73 Å². The standard InChI is InChI=1S/C16H13N4O/c17-16(21)15-7-9-20(19-15)11-12-4-3-5-13(10-12)14-6-1-2-8-18-14/h1-6,8-10H,11H2,(H2,17,21). The molecule has 0 unspecified atom stereocenters. The molecule has 0 fully saturated rings. The van der Waals surface area contributed by atoms with Crippen LogP contribution in [0.4, 0.5) is 0 Å². The summed E-state index contributed by atoms with van der Waals surface area (Å²) in [5, 5.41) is 4.08. The van der Waals surface area contributed by atoms with Crippen molar-refractivity contribution in [2.24, 2.45) is 5.73 Å². The molecule has 5 nitrogen and oxygen atoms in total. The van der Waals surface area contributed by atoms with Gasteiger partial charge in [-0.15, -0.1) is 0 Å². The molecule has 3 aromatic rings. The molecule has 0 saturated heterocycles. The molecule has 2 heterocycles. The maximum Gasteiger partial charge on any atom is 0.269 e. The average molecular weight is 277 g/mol. The first-order chi connectivity index (χ1) is 10.2. The van der Waals surface area contributed by atoms with Gasteiger partial charge in [0.1, 0.15) is 0 Å². The molecule has 0 aliphatic heterocycles. The number of pyridine rings is 1. The fourth-order valence-electron chi connectivity index (χ4n) is 2.07. The Hall–Kier alpha value is -2.95. The summed E-state index contributed by atoms with van der Waals surface area (Å²) >= 11 is 0. The predicted molar refractivity (Wildman–Crippen MR) is 78.4 cm³/mol. The van der Waals surface area contributed by atoms with Crippen molar-refractivity contribution in [1.29, 1.82) is 0 Å². The largest absolute Gasteiger partial charge is 0.364 e. The van der Waals surface area contributed by atoms with Gasteiger partial charge in [-0.2, -0.15) is 5.10 Å². The van der Waals surface area contributed by atoms with Gasteiger partial charge in [-0.05, 0) is 23.8 Å². The molecule has 21 heavy (non-hydrogen) atoms. The van der Waals surface area contributed by atoms with Gasteiger partial charge in [0.2, 0.25) is 0 Å². The molecule has 2 N–H and O–H groups in total. The second-order valence-corrected chi connectivity index (χ2v) is 4.60. The highest BCUT2D eigenvalue weighted by Gasteiger charge is 2.06. The third-order valence-corrected chi connectivity index (χ3v) is 3.04. The van der Waals surface area contributed by atoms with E-state index < -0.39 is 5.91 Å². The van der Waals surface area contributed by atoms with Crippen molar-refractivity contribution >= 4 is 5.91 Å². The van der Waals surface area contributed by atoms with Crippen molar-refractivity contribution in [1.82, 2.24) is 14.8 Å². The van der Waals surface area contributed by atoms with Crippen molar-refractivity contribution < 1.29 is 4.79 Å². The first kappa shape index (κ1) is 13.1. The SMILES string of the molecule is NC(=O)c1[c]cn(Cc2cccc(-c3ccccn3)c2)n1. The molecule has 0 saturated carbocycles. The number of hydrogen-bond acceptors (Lipinski definition) is 3. The summed E-state index contributed by atoms with van der Waals surface area (Å²) in [5.74, 6) is -0.573. The number of aromatic nitrogens is 3. The Morgan fingerprint density at radius 2 is 2.14 bits per heavy atom. The van der Waals surface area contributed by atoms with Crippen LogP contribution in [-0.2, 0) is 6.54 Å². The quantitative estimate of drug-likeness (QED) is 0.791. The highest BCUT2D eigenvalue weighted by Crippen LogP contribution is 2.18. The summed E-state index contributed by atoms with van der Waals surface area (Å²) in [6, 6.07) is 16.6. The number of amides is 1. The Balaban J connectivity index is 1.84. The number of hydrogen-bond donors (Lipinski definition) is 1. The van der Waals surface area contributed by atoms with Crippen LogP contribution in [0.15, 0.2) is 54.9 Å². The highest BCUT2D eigenvalue weighted by atomic mass is 16.1. The second-order valence-electron chi connectivity index (χ2n) is 4.60. The van der Waals surface area contributed by atoms with Crippen LogP contribution >= 0.6 is 0 Å². The van der Waals surface area contributed by atoms with Gasteiger partial charge in [-0.3, -0.25) is 14.5 Å². The Labute approximate surface area is 122 Å². The first-order valence-electron chi connectivity index (χ1n) is 6.47. The van der Waals surface area contributed by atoms with Crippen LogP contribution in [0.3, 0.4) is 0 Å². The third-order valence-electron chi connectivity index (χ3n) is 3.04. The van der Waals surface area contributed by atoms with Crippen LogP contribution in [0.5, 0.6) is 0 Å². The topological polar surface area (TPSA) is 73.8 Å². The summed E-state index contributed by atoms with van der Waals surface area (Å²) in [5.41, 5.74) is 8.34. The van der Waals surface area contributed by atoms with E-state index in [2.05, 4.69) is 16.1 Å². The normalized spacial score (nSPS) is 10.5. The van der Waals surface area contributed by atoms with Gasteiger partial charge in [0.05, 0.1) is 12.2 Å². The lowest BCUT2D eigenvalue weighted by atomic mass is 10.1. The monoisotopic (exact) mass is 277 g/mol. The van der Waals surface area contributed by atoms with E-state index in [1.165, 1.54) is 0 Å². The van der Waals surface area contributed by atoms with Gasteiger partial charge >= 0.3 is 0 Å². The van der Waals surface area contributed by atoms with E-state index >= 15 is 0 Å². The molecular formula is C16H13N4O. The molecule has 0 bridgehead atoms. The Morgan fingerprint density at radius 3 is 2.86 bits per heavy atom. The summed E-state index contributed by atoms with van der Waals surface area (Å²) < 4.78 is 1.64. The minimum absolute atomic E-state index is 0.149. The third kappa shape index (κ3) is 2.97. The molecule has 1 amide bonds. The summed E-state index contributed by atoms with van der Waals surface area (Å²) in [6.45, 7) is 0.546. The van der Waals surface area contributed by atoms with Gasteiger partial charge < -0.3 is 5.73 Å². The minimum Gasteiger partial charge on any atom is -0.364 e. The van der Waals surface area contributed by atoms with Gasteiger partial charge in [0, 0.05) is 24.0 Å². The number of nitrogens with zero attached hydrogens (tertiary/aromatic N) is 3. The van der Waals surface area contributed by atoms with Crippen molar-refractivity contribution in [3.05, 3.63) is 72.2 Å². The average Bonchev–Trinajstić information content (AvgIpc) is 2.97. The van der Waals surface area contributed by atoms with Crippen molar-refractivity contribution in [2.75, 3.05) is 0 Å². The summed E-state index contributed by atoms with van der Waals surface area (Å²) in [6.07, 6.45) is 3.39. The number of nitrogens with two attached hydrogens (primary N) is 1. The van der Waals surface area contributed by atoms with Crippen LogP contribution in [0, 0.1) is 6.07 Å². The molecule has 1 aromatic carbocycles. The lowest BCUT2D eigenvalue weighted by Gasteiger charge is -2.05. The second kappa shape index (κ2) is 5.58. The van der Waals surface area contributed by atoms with Crippen LogP contribution in [0.1, 0.15) is 16.1 Å². The van der Waals surface area contributed by atoms with E-state index in [0.29, 0.717) is 6.54 Å². The summed E-state index contributed by atoms with van der Waals surface area (Å²) in [7, 11) is 0. The molecular weight excluding hydrogens is 264 g/mol. The van der Waals surface area contributed by atoms with E-state index in [9.17, 15) is 4.79 Å². The van der Waals surface area contributed by atoms with Crippen LogP contribution in [-0.4, -0.2) is 20.7 Å². The zero-order chi connectivity index (χ0) is 14.7. The van der Waals surface area contributed by atoms with Crippen molar-refractivity contribution in [3.63, 3.8) is 0 Å². The highest BCUT2D eigenvalue weighted by molar-refractivity contribution is 5.90. The zero-order valence-corrected chi connectivity index (χ0v) is 11.2. The summed E-state index contributed by atoms with van der Waals surface area (Å²) in [4.78, 5) is 15.3. The molecule has 0 spiro atoms. The molecule has 2 aromatic heterocycles. The van der Waals surface area contributed by atoms with Gasteiger partial charge in [0.15, 0.2) is 5.69 Å². The molecule has 1 radical (unpaired) electrons. The zero-order valence-electron chi connectivity index (χ0n) is 11.2. The molecule has 103 valence electrons. The number of carbonyl (C=O) groups is 1. The molecule has 0 aliphatic rings. The fourth-order valence-corrected chi connectivity index (χ4v) is 2.07. The van der Waals surface area contributed by atoms with Gasteiger partial charge in [0.25, 0.3) is 5.91 Å². The molecule has 0 aliphatic carbocycles. The van der Waals surface area contributed by atoms with Crippen LogP contribution in [0.25, 0.3) is 11.3 Å². The number of primary amides is 1. The van der Waals surface area contributed by atoms with E-state index in [-0.39, 0.29) is 5.69 Å². The molecule has 0 atom stereocenters. The maximum atomic E-state index is 11.0.